The Bertz CT molecular complexity index is 595. The highest BCUT2D eigenvalue weighted by atomic mass is 16.3. The van der Waals surface area contributed by atoms with Crippen LogP contribution in [0.15, 0.2) is 10.5 Å². The van der Waals surface area contributed by atoms with E-state index in [1.54, 1.807) is 0 Å². The van der Waals surface area contributed by atoms with Crippen LogP contribution in [0.25, 0.3) is 0 Å². The normalized spacial score (nSPS) is 12.9. The van der Waals surface area contributed by atoms with Crippen molar-refractivity contribution in [3.8, 4) is 0 Å². The third kappa shape index (κ3) is 2.66. The summed E-state index contributed by atoms with van der Waals surface area (Å²) in [7, 11) is 0. The number of rotatable bonds is 5. The summed E-state index contributed by atoms with van der Waals surface area (Å²) in [5, 5.41) is 4.58. The summed E-state index contributed by atoms with van der Waals surface area (Å²) in [6.07, 6.45) is 1.75. The van der Waals surface area contributed by atoms with E-state index >= 15 is 0 Å². The molecule has 0 saturated heterocycles. The lowest BCUT2D eigenvalue weighted by molar-refractivity contribution is 0.494. The quantitative estimate of drug-likeness (QED) is 0.911. The van der Waals surface area contributed by atoms with Crippen LogP contribution in [-0.4, -0.2) is 9.78 Å². The SMILES string of the molecule is CCc1cc(CC(N)c2c(C)oc(C)c2C)n(CC)n1. The predicted octanol–water partition coefficient (Wildman–Crippen LogP) is 3.23. The summed E-state index contributed by atoms with van der Waals surface area (Å²) in [5.74, 6) is 1.90. The van der Waals surface area contributed by atoms with Gasteiger partial charge in [-0.2, -0.15) is 5.10 Å². The zero-order chi connectivity index (χ0) is 14.9. The minimum absolute atomic E-state index is 0.0424. The van der Waals surface area contributed by atoms with Gasteiger partial charge in [-0.1, -0.05) is 6.92 Å². The summed E-state index contributed by atoms with van der Waals surface area (Å²) in [6, 6.07) is 2.13. The van der Waals surface area contributed by atoms with Gasteiger partial charge in [-0.05, 0) is 45.7 Å². The van der Waals surface area contributed by atoms with Crippen molar-refractivity contribution in [2.45, 2.75) is 60.0 Å². The Morgan fingerprint density at radius 3 is 2.45 bits per heavy atom. The topological polar surface area (TPSA) is 57.0 Å². The van der Waals surface area contributed by atoms with Gasteiger partial charge in [-0.3, -0.25) is 4.68 Å². The summed E-state index contributed by atoms with van der Waals surface area (Å²) in [4.78, 5) is 0. The number of furan rings is 1. The molecule has 0 aliphatic heterocycles. The van der Waals surface area contributed by atoms with Crippen molar-refractivity contribution >= 4 is 0 Å². The lowest BCUT2D eigenvalue weighted by Crippen LogP contribution is -2.17. The predicted molar refractivity (Wildman–Crippen MR) is 80.8 cm³/mol. The second-order valence-corrected chi connectivity index (χ2v) is 5.36. The Hall–Kier alpha value is -1.55. The third-order valence-electron chi connectivity index (χ3n) is 3.99. The monoisotopic (exact) mass is 275 g/mol. The molecule has 0 bridgehead atoms. The van der Waals surface area contributed by atoms with E-state index in [1.165, 1.54) is 11.3 Å². The Labute approximate surface area is 121 Å². The van der Waals surface area contributed by atoms with Gasteiger partial charge in [0.2, 0.25) is 0 Å². The van der Waals surface area contributed by atoms with Gasteiger partial charge in [0.05, 0.1) is 5.69 Å². The first kappa shape index (κ1) is 14.9. The van der Waals surface area contributed by atoms with Gasteiger partial charge in [-0.25, -0.2) is 0 Å². The molecule has 110 valence electrons. The third-order valence-corrected chi connectivity index (χ3v) is 3.99. The van der Waals surface area contributed by atoms with Crippen LogP contribution in [0, 0.1) is 20.8 Å². The molecule has 0 aliphatic rings. The van der Waals surface area contributed by atoms with Crippen LogP contribution >= 0.6 is 0 Å². The molecule has 0 aromatic carbocycles. The average Bonchev–Trinajstić information content (AvgIpc) is 2.91. The molecule has 20 heavy (non-hydrogen) atoms. The maximum absolute atomic E-state index is 6.42. The number of aromatic nitrogens is 2. The summed E-state index contributed by atoms with van der Waals surface area (Å²) in [6.45, 7) is 11.2. The first-order chi connectivity index (χ1) is 9.47. The lowest BCUT2D eigenvalue weighted by atomic mass is 9.98. The highest BCUT2D eigenvalue weighted by molar-refractivity contribution is 5.35. The Balaban J connectivity index is 2.27. The smallest absolute Gasteiger partial charge is 0.106 e. The van der Waals surface area contributed by atoms with E-state index in [1.807, 2.05) is 13.8 Å². The minimum Gasteiger partial charge on any atom is -0.466 e. The molecule has 0 amide bonds. The van der Waals surface area contributed by atoms with Gasteiger partial charge in [0, 0.05) is 30.3 Å². The number of nitrogens with two attached hydrogens (primary N) is 1. The fraction of sp³-hybridized carbons (Fsp3) is 0.562. The highest BCUT2D eigenvalue weighted by Crippen LogP contribution is 2.28. The van der Waals surface area contributed by atoms with Crippen LogP contribution in [0.2, 0.25) is 0 Å². The molecule has 0 aliphatic carbocycles. The van der Waals surface area contributed by atoms with Crippen LogP contribution < -0.4 is 5.73 Å². The molecule has 2 aromatic rings. The molecule has 0 radical (unpaired) electrons. The first-order valence-electron chi connectivity index (χ1n) is 7.35. The zero-order valence-corrected chi connectivity index (χ0v) is 13.2. The maximum Gasteiger partial charge on any atom is 0.106 e. The van der Waals surface area contributed by atoms with Crippen molar-refractivity contribution in [3.63, 3.8) is 0 Å². The summed E-state index contributed by atoms with van der Waals surface area (Å²) >= 11 is 0. The van der Waals surface area contributed by atoms with Gasteiger partial charge >= 0.3 is 0 Å². The van der Waals surface area contributed by atoms with Crippen LogP contribution in [0.1, 0.15) is 53.9 Å². The summed E-state index contributed by atoms with van der Waals surface area (Å²) < 4.78 is 7.74. The van der Waals surface area contributed by atoms with Crippen molar-refractivity contribution in [1.29, 1.82) is 0 Å². The van der Waals surface area contributed by atoms with E-state index in [2.05, 4.69) is 36.6 Å². The molecule has 1 atom stereocenters. The molecular formula is C16H25N3O. The molecule has 0 saturated carbocycles. The second-order valence-electron chi connectivity index (χ2n) is 5.36. The number of hydrogen-bond donors (Lipinski definition) is 1. The van der Waals surface area contributed by atoms with Crippen LogP contribution in [0.3, 0.4) is 0 Å². The van der Waals surface area contributed by atoms with Crippen LogP contribution in [0.4, 0.5) is 0 Å². The van der Waals surface area contributed by atoms with E-state index in [0.29, 0.717) is 0 Å². The molecule has 0 spiro atoms. The van der Waals surface area contributed by atoms with Crippen molar-refractivity contribution in [2.24, 2.45) is 5.73 Å². The molecule has 1 unspecified atom stereocenters. The van der Waals surface area contributed by atoms with Crippen LogP contribution in [0.5, 0.6) is 0 Å². The van der Waals surface area contributed by atoms with E-state index in [-0.39, 0.29) is 6.04 Å². The van der Waals surface area contributed by atoms with Crippen molar-refractivity contribution < 1.29 is 4.42 Å². The molecule has 2 aromatic heterocycles. The minimum atomic E-state index is -0.0424. The molecular weight excluding hydrogens is 250 g/mol. The van der Waals surface area contributed by atoms with Crippen molar-refractivity contribution in [2.75, 3.05) is 0 Å². The number of aryl methyl sites for hydroxylation is 4. The molecule has 2 heterocycles. The second kappa shape index (κ2) is 5.83. The molecule has 4 nitrogen and oxygen atoms in total. The molecule has 4 heteroatoms. The van der Waals surface area contributed by atoms with Gasteiger partial charge in [-0.15, -0.1) is 0 Å². The Morgan fingerprint density at radius 1 is 1.25 bits per heavy atom. The Kier molecular flexibility index (Phi) is 4.33. The standard InChI is InChI=1S/C16H25N3O/c1-6-13-8-14(19(7-2)18-13)9-15(17)16-10(3)11(4)20-12(16)5/h8,15H,6-7,9,17H2,1-5H3. The summed E-state index contributed by atoms with van der Waals surface area (Å²) in [5.41, 5.74) is 11.1. The molecule has 2 N–H and O–H groups in total. The van der Waals surface area contributed by atoms with E-state index < -0.39 is 0 Å². The fourth-order valence-corrected chi connectivity index (χ4v) is 2.81. The van der Waals surface area contributed by atoms with E-state index in [0.717, 1.165) is 42.2 Å². The lowest BCUT2D eigenvalue weighted by Gasteiger charge is -2.13. The molecule has 2 rings (SSSR count). The highest BCUT2D eigenvalue weighted by Gasteiger charge is 2.20. The number of nitrogens with zero attached hydrogens (tertiary/aromatic N) is 2. The van der Waals surface area contributed by atoms with Gasteiger partial charge in [0.25, 0.3) is 0 Å². The largest absolute Gasteiger partial charge is 0.466 e. The Morgan fingerprint density at radius 2 is 1.95 bits per heavy atom. The fourth-order valence-electron chi connectivity index (χ4n) is 2.81. The maximum atomic E-state index is 6.42. The van der Waals surface area contributed by atoms with Crippen LogP contribution in [-0.2, 0) is 19.4 Å². The average molecular weight is 275 g/mol. The van der Waals surface area contributed by atoms with E-state index in [9.17, 15) is 0 Å². The van der Waals surface area contributed by atoms with E-state index in [4.69, 9.17) is 10.2 Å². The van der Waals surface area contributed by atoms with Gasteiger partial charge < -0.3 is 10.2 Å². The number of hydrogen-bond acceptors (Lipinski definition) is 3. The van der Waals surface area contributed by atoms with Crippen molar-refractivity contribution in [1.82, 2.24) is 9.78 Å². The first-order valence-corrected chi connectivity index (χ1v) is 7.35. The van der Waals surface area contributed by atoms with Gasteiger partial charge in [0.15, 0.2) is 0 Å². The van der Waals surface area contributed by atoms with Crippen molar-refractivity contribution in [3.05, 3.63) is 40.1 Å². The zero-order valence-electron chi connectivity index (χ0n) is 13.2. The van der Waals surface area contributed by atoms with Gasteiger partial charge in [0.1, 0.15) is 11.5 Å². The molecule has 0 fully saturated rings.